The first kappa shape index (κ1) is 12.0. The molecule has 5 nitrogen and oxygen atoms in total. The summed E-state index contributed by atoms with van der Waals surface area (Å²) in [7, 11) is 1.75. The summed E-state index contributed by atoms with van der Waals surface area (Å²) >= 11 is 0. The van der Waals surface area contributed by atoms with Crippen LogP contribution in [0.25, 0.3) is 0 Å². The van der Waals surface area contributed by atoms with Gasteiger partial charge in [0.2, 0.25) is 0 Å². The summed E-state index contributed by atoms with van der Waals surface area (Å²) in [5, 5.41) is 3.93. The SMILES string of the molecule is CN(C(=O)OC(C)(C)C)C1(c2ccon2)CC1. The van der Waals surface area contributed by atoms with Crippen molar-refractivity contribution in [2.45, 2.75) is 44.8 Å². The molecule has 0 atom stereocenters. The first-order valence-electron chi connectivity index (χ1n) is 5.73. The number of hydrogen-bond acceptors (Lipinski definition) is 4. The Balaban J connectivity index is 2.11. The first-order valence-corrected chi connectivity index (χ1v) is 5.73. The van der Waals surface area contributed by atoms with Gasteiger partial charge in [0, 0.05) is 13.1 Å². The lowest BCUT2D eigenvalue weighted by Gasteiger charge is -2.29. The van der Waals surface area contributed by atoms with Gasteiger partial charge in [-0.05, 0) is 33.6 Å². The summed E-state index contributed by atoms with van der Waals surface area (Å²) in [4.78, 5) is 13.6. The van der Waals surface area contributed by atoms with Crippen molar-refractivity contribution in [3.05, 3.63) is 18.0 Å². The maximum Gasteiger partial charge on any atom is 0.410 e. The van der Waals surface area contributed by atoms with Crippen molar-refractivity contribution >= 4 is 6.09 Å². The van der Waals surface area contributed by atoms with Crippen LogP contribution in [0.3, 0.4) is 0 Å². The molecule has 1 saturated carbocycles. The Morgan fingerprint density at radius 3 is 2.59 bits per heavy atom. The van der Waals surface area contributed by atoms with Gasteiger partial charge in [-0.2, -0.15) is 0 Å². The van der Waals surface area contributed by atoms with Crippen molar-refractivity contribution < 1.29 is 14.1 Å². The van der Waals surface area contributed by atoms with E-state index in [4.69, 9.17) is 9.26 Å². The minimum Gasteiger partial charge on any atom is -0.444 e. The monoisotopic (exact) mass is 238 g/mol. The maximum absolute atomic E-state index is 12.0. The minimum atomic E-state index is -0.481. The van der Waals surface area contributed by atoms with Gasteiger partial charge in [-0.1, -0.05) is 5.16 Å². The Morgan fingerprint density at radius 2 is 2.18 bits per heavy atom. The van der Waals surface area contributed by atoms with E-state index in [0.717, 1.165) is 18.5 Å². The van der Waals surface area contributed by atoms with Crippen molar-refractivity contribution in [1.29, 1.82) is 0 Å². The van der Waals surface area contributed by atoms with Crippen molar-refractivity contribution in [3.8, 4) is 0 Å². The van der Waals surface area contributed by atoms with Gasteiger partial charge in [0.25, 0.3) is 0 Å². The van der Waals surface area contributed by atoms with Crippen LogP contribution in [0, 0.1) is 0 Å². The van der Waals surface area contributed by atoms with E-state index in [0.29, 0.717) is 0 Å². The van der Waals surface area contributed by atoms with Crippen LogP contribution in [-0.4, -0.2) is 28.8 Å². The van der Waals surface area contributed by atoms with Crippen LogP contribution < -0.4 is 0 Å². The second kappa shape index (κ2) is 3.75. The van der Waals surface area contributed by atoms with Gasteiger partial charge < -0.3 is 9.26 Å². The second-order valence-electron chi connectivity index (χ2n) is 5.46. The highest BCUT2D eigenvalue weighted by Crippen LogP contribution is 2.49. The zero-order valence-electron chi connectivity index (χ0n) is 10.7. The number of carbonyl (C=O) groups is 1. The molecule has 0 saturated heterocycles. The van der Waals surface area contributed by atoms with Gasteiger partial charge in [-0.15, -0.1) is 0 Å². The van der Waals surface area contributed by atoms with Crippen molar-refractivity contribution in [2.24, 2.45) is 0 Å². The average Bonchev–Trinajstić information content (AvgIpc) is 2.82. The Bertz CT molecular complexity index is 402. The molecule has 2 rings (SSSR count). The molecule has 0 aromatic carbocycles. The quantitative estimate of drug-likeness (QED) is 0.794. The molecule has 0 bridgehead atoms. The average molecular weight is 238 g/mol. The van der Waals surface area contributed by atoms with Crippen LogP contribution in [0.2, 0.25) is 0 Å². The van der Waals surface area contributed by atoms with Crippen LogP contribution in [0.15, 0.2) is 16.9 Å². The fourth-order valence-corrected chi connectivity index (χ4v) is 1.84. The Labute approximate surface area is 101 Å². The molecule has 1 aromatic rings. The van der Waals surface area contributed by atoms with E-state index in [1.54, 1.807) is 18.0 Å². The number of amides is 1. The standard InChI is InChI=1S/C12H18N2O3/c1-11(2,3)17-10(15)14(4)12(6-7-12)9-5-8-16-13-9/h5,8H,6-7H2,1-4H3. The predicted molar refractivity (Wildman–Crippen MR) is 61.4 cm³/mol. The summed E-state index contributed by atoms with van der Waals surface area (Å²) in [6, 6.07) is 1.80. The molecule has 0 spiro atoms. The van der Waals surface area contributed by atoms with Crippen LogP contribution in [0.1, 0.15) is 39.3 Å². The number of rotatable bonds is 2. The lowest BCUT2D eigenvalue weighted by molar-refractivity contribution is 0.0183. The molecule has 0 radical (unpaired) electrons. The highest BCUT2D eigenvalue weighted by atomic mass is 16.6. The summed E-state index contributed by atoms with van der Waals surface area (Å²) in [5.41, 5.74) is -0.00789. The van der Waals surface area contributed by atoms with E-state index >= 15 is 0 Å². The van der Waals surface area contributed by atoms with Gasteiger partial charge in [0.15, 0.2) is 0 Å². The zero-order chi connectivity index (χ0) is 12.7. The predicted octanol–water partition coefficient (Wildman–Crippen LogP) is 2.53. The number of carbonyl (C=O) groups excluding carboxylic acids is 1. The Kier molecular flexibility index (Phi) is 2.64. The molecule has 1 heterocycles. The summed E-state index contributed by atoms with van der Waals surface area (Å²) in [6.07, 6.45) is 3.00. The van der Waals surface area contributed by atoms with Crippen LogP contribution >= 0.6 is 0 Å². The lowest BCUT2D eigenvalue weighted by Crippen LogP contribution is -2.41. The van der Waals surface area contributed by atoms with Gasteiger partial charge >= 0.3 is 6.09 Å². The van der Waals surface area contributed by atoms with Gasteiger partial charge in [0.1, 0.15) is 17.6 Å². The van der Waals surface area contributed by atoms with E-state index in [1.807, 2.05) is 20.8 Å². The maximum atomic E-state index is 12.0. The summed E-state index contributed by atoms with van der Waals surface area (Å²) in [5.74, 6) is 0. The number of nitrogens with zero attached hydrogens (tertiary/aromatic N) is 2. The summed E-state index contributed by atoms with van der Waals surface area (Å²) < 4.78 is 10.2. The Morgan fingerprint density at radius 1 is 1.53 bits per heavy atom. The number of ether oxygens (including phenoxy) is 1. The third-order valence-corrected chi connectivity index (χ3v) is 2.95. The fourth-order valence-electron chi connectivity index (χ4n) is 1.84. The molecule has 1 amide bonds. The fraction of sp³-hybridized carbons (Fsp3) is 0.667. The van der Waals surface area contributed by atoms with E-state index in [9.17, 15) is 4.79 Å². The molecule has 0 unspecified atom stereocenters. The zero-order valence-corrected chi connectivity index (χ0v) is 10.7. The molecule has 1 aromatic heterocycles. The first-order chi connectivity index (χ1) is 7.85. The highest BCUT2D eigenvalue weighted by Gasteiger charge is 2.53. The van der Waals surface area contributed by atoms with Crippen molar-refractivity contribution in [1.82, 2.24) is 10.1 Å². The molecule has 17 heavy (non-hydrogen) atoms. The number of hydrogen-bond donors (Lipinski definition) is 0. The van der Waals surface area contributed by atoms with E-state index in [2.05, 4.69) is 5.16 Å². The van der Waals surface area contributed by atoms with Gasteiger partial charge in [0.05, 0.1) is 5.54 Å². The second-order valence-corrected chi connectivity index (χ2v) is 5.46. The molecular weight excluding hydrogens is 220 g/mol. The molecular formula is C12H18N2O3. The van der Waals surface area contributed by atoms with E-state index in [1.165, 1.54) is 6.26 Å². The van der Waals surface area contributed by atoms with Gasteiger partial charge in [-0.3, -0.25) is 4.90 Å². The van der Waals surface area contributed by atoms with E-state index < -0.39 is 5.60 Å². The van der Waals surface area contributed by atoms with Crippen LogP contribution in [0.5, 0.6) is 0 Å². The van der Waals surface area contributed by atoms with Gasteiger partial charge in [-0.25, -0.2) is 4.79 Å². The lowest BCUT2D eigenvalue weighted by atomic mass is 10.1. The van der Waals surface area contributed by atoms with Crippen molar-refractivity contribution in [3.63, 3.8) is 0 Å². The molecule has 1 aliphatic rings. The van der Waals surface area contributed by atoms with Crippen LogP contribution in [-0.2, 0) is 10.3 Å². The minimum absolute atomic E-state index is 0.321. The molecule has 94 valence electrons. The normalized spacial score (nSPS) is 17.6. The third-order valence-electron chi connectivity index (χ3n) is 2.95. The molecule has 0 N–H and O–H groups in total. The molecule has 1 aliphatic carbocycles. The summed E-state index contributed by atoms with van der Waals surface area (Å²) in [6.45, 7) is 5.57. The topological polar surface area (TPSA) is 55.6 Å². The smallest absolute Gasteiger partial charge is 0.410 e. The molecule has 1 fully saturated rings. The van der Waals surface area contributed by atoms with Crippen LogP contribution in [0.4, 0.5) is 4.79 Å². The third kappa shape index (κ3) is 2.28. The molecule has 0 aliphatic heterocycles. The Hall–Kier alpha value is -1.52. The highest BCUT2D eigenvalue weighted by molar-refractivity contribution is 5.69. The van der Waals surface area contributed by atoms with E-state index in [-0.39, 0.29) is 11.6 Å². The number of aromatic nitrogens is 1. The van der Waals surface area contributed by atoms with Crippen molar-refractivity contribution in [2.75, 3.05) is 7.05 Å². The largest absolute Gasteiger partial charge is 0.444 e. The molecule has 5 heteroatoms.